The van der Waals surface area contributed by atoms with Crippen molar-refractivity contribution < 1.29 is 14.4 Å². The Morgan fingerprint density at radius 1 is 0.821 bits per heavy atom. The maximum Gasteiger partial charge on any atom is 0.221 e. The van der Waals surface area contributed by atoms with Gasteiger partial charge in [-0.1, -0.05) is 53.7 Å². The number of benzene rings is 3. The Kier molecular flexibility index (Phi) is 4.61. The lowest BCUT2D eigenvalue weighted by Crippen LogP contribution is -2.24. The van der Waals surface area contributed by atoms with Gasteiger partial charge in [-0.15, -0.1) is 0 Å². The Bertz CT molecular complexity index is 1130. The lowest BCUT2D eigenvalue weighted by Gasteiger charge is -2.22. The molecule has 1 N–H and O–H groups in total. The smallest absolute Gasteiger partial charge is 0.221 e. The highest BCUT2D eigenvalue weighted by molar-refractivity contribution is 7.99. The van der Waals surface area contributed by atoms with E-state index in [2.05, 4.69) is 5.32 Å². The average molecular weight is 387 g/mol. The van der Waals surface area contributed by atoms with E-state index in [-0.39, 0.29) is 23.0 Å². The summed E-state index contributed by atoms with van der Waals surface area (Å²) in [7, 11) is 0. The number of amides is 1. The molecular weight excluding hydrogens is 370 g/mol. The molecule has 0 saturated heterocycles. The van der Waals surface area contributed by atoms with Gasteiger partial charge in [-0.2, -0.15) is 0 Å². The molecule has 0 aromatic heterocycles. The molecule has 5 heteroatoms. The number of hydrogen-bond donors (Lipinski definition) is 1. The number of rotatable bonds is 3. The number of ketones is 2. The Balaban J connectivity index is 1.90. The first-order valence-corrected chi connectivity index (χ1v) is 9.65. The van der Waals surface area contributed by atoms with Crippen LogP contribution in [0, 0.1) is 6.92 Å². The SMILES string of the molecule is CC(=O)Nc1ccc(Sc2ccc(C)cc2)c2c1C(=O)c1ccccc1C2=O. The quantitative estimate of drug-likeness (QED) is 0.544. The zero-order valence-electron chi connectivity index (χ0n) is 15.4. The van der Waals surface area contributed by atoms with Crippen LogP contribution in [0.5, 0.6) is 0 Å². The van der Waals surface area contributed by atoms with E-state index in [9.17, 15) is 14.4 Å². The number of carbonyl (C=O) groups excluding carboxylic acids is 3. The van der Waals surface area contributed by atoms with Crippen molar-refractivity contribution in [1.29, 1.82) is 0 Å². The summed E-state index contributed by atoms with van der Waals surface area (Å²) in [6, 6.07) is 18.3. The molecule has 138 valence electrons. The fraction of sp³-hybridized carbons (Fsp3) is 0.0870. The van der Waals surface area contributed by atoms with Crippen LogP contribution in [0.15, 0.2) is 70.5 Å². The van der Waals surface area contributed by atoms with E-state index in [4.69, 9.17) is 0 Å². The van der Waals surface area contributed by atoms with Crippen LogP contribution < -0.4 is 5.32 Å². The van der Waals surface area contributed by atoms with Crippen molar-refractivity contribution in [2.45, 2.75) is 23.6 Å². The number of hydrogen-bond acceptors (Lipinski definition) is 4. The maximum absolute atomic E-state index is 13.3. The fourth-order valence-corrected chi connectivity index (χ4v) is 4.26. The molecule has 0 bridgehead atoms. The van der Waals surface area contributed by atoms with E-state index < -0.39 is 0 Å². The van der Waals surface area contributed by atoms with Gasteiger partial charge in [0, 0.05) is 33.4 Å². The van der Waals surface area contributed by atoms with Gasteiger partial charge in [-0.25, -0.2) is 0 Å². The molecule has 3 aromatic rings. The van der Waals surface area contributed by atoms with Crippen molar-refractivity contribution in [3.05, 3.63) is 88.5 Å². The fourth-order valence-electron chi connectivity index (χ4n) is 3.31. The molecule has 0 heterocycles. The highest BCUT2D eigenvalue weighted by atomic mass is 32.2. The largest absolute Gasteiger partial charge is 0.326 e. The first-order chi connectivity index (χ1) is 13.5. The highest BCUT2D eigenvalue weighted by Crippen LogP contribution is 2.40. The Labute approximate surface area is 167 Å². The highest BCUT2D eigenvalue weighted by Gasteiger charge is 2.34. The van der Waals surface area contributed by atoms with E-state index in [1.165, 1.54) is 18.7 Å². The van der Waals surface area contributed by atoms with E-state index in [0.717, 1.165) is 10.5 Å². The summed E-state index contributed by atoms with van der Waals surface area (Å²) in [5.74, 6) is -0.743. The minimum Gasteiger partial charge on any atom is -0.326 e. The molecule has 1 aliphatic carbocycles. The van der Waals surface area contributed by atoms with E-state index in [1.54, 1.807) is 36.4 Å². The van der Waals surface area contributed by atoms with Gasteiger partial charge in [0.15, 0.2) is 11.6 Å². The molecule has 0 aliphatic heterocycles. The topological polar surface area (TPSA) is 63.2 Å². The molecule has 0 fully saturated rings. The zero-order chi connectivity index (χ0) is 19.8. The molecule has 0 unspecified atom stereocenters. The third-order valence-electron chi connectivity index (χ3n) is 4.60. The van der Waals surface area contributed by atoms with Crippen molar-refractivity contribution >= 4 is 34.9 Å². The molecule has 0 spiro atoms. The lowest BCUT2D eigenvalue weighted by atomic mass is 9.83. The van der Waals surface area contributed by atoms with E-state index in [0.29, 0.717) is 27.3 Å². The van der Waals surface area contributed by atoms with Gasteiger partial charge >= 0.3 is 0 Å². The molecule has 0 saturated carbocycles. The molecule has 1 aliphatic rings. The number of carbonyl (C=O) groups is 3. The Morgan fingerprint density at radius 2 is 1.43 bits per heavy atom. The maximum atomic E-state index is 13.3. The summed E-state index contributed by atoms with van der Waals surface area (Å²) in [6.45, 7) is 3.39. The van der Waals surface area contributed by atoms with Crippen LogP contribution in [0.3, 0.4) is 0 Å². The standard InChI is InChI=1S/C23H17NO3S/c1-13-7-9-15(10-8-13)28-19-12-11-18(24-14(2)25)20-21(19)23(27)17-6-4-3-5-16(17)22(20)26/h3-12H,1-2H3,(H,24,25). The van der Waals surface area contributed by atoms with Crippen LogP contribution in [0.4, 0.5) is 5.69 Å². The van der Waals surface area contributed by atoms with Crippen LogP contribution in [0.2, 0.25) is 0 Å². The minimum absolute atomic E-state index is 0.202. The van der Waals surface area contributed by atoms with Gasteiger partial charge < -0.3 is 5.32 Å². The van der Waals surface area contributed by atoms with Crippen molar-refractivity contribution in [2.24, 2.45) is 0 Å². The average Bonchev–Trinajstić information content (AvgIpc) is 2.68. The van der Waals surface area contributed by atoms with Crippen molar-refractivity contribution in [3.63, 3.8) is 0 Å². The van der Waals surface area contributed by atoms with Crippen molar-refractivity contribution in [3.8, 4) is 0 Å². The Hall–Kier alpha value is -3.18. The number of aryl methyl sites for hydroxylation is 1. The van der Waals surface area contributed by atoms with Gasteiger partial charge in [-0.05, 0) is 31.2 Å². The number of fused-ring (bicyclic) bond motifs is 2. The second-order valence-corrected chi connectivity index (χ2v) is 7.78. The molecule has 28 heavy (non-hydrogen) atoms. The lowest BCUT2D eigenvalue weighted by molar-refractivity contribution is -0.114. The third kappa shape index (κ3) is 3.14. The van der Waals surface area contributed by atoms with Crippen LogP contribution in [0.25, 0.3) is 0 Å². The molecule has 0 radical (unpaired) electrons. The summed E-state index contributed by atoms with van der Waals surface area (Å²) in [5, 5.41) is 2.69. The molecule has 1 amide bonds. The summed E-state index contributed by atoms with van der Waals surface area (Å²) in [6.07, 6.45) is 0. The molecule has 4 nitrogen and oxygen atoms in total. The second kappa shape index (κ2) is 7.09. The minimum atomic E-state index is -0.291. The van der Waals surface area contributed by atoms with Crippen LogP contribution >= 0.6 is 11.8 Å². The third-order valence-corrected chi connectivity index (χ3v) is 5.67. The number of anilines is 1. The predicted molar refractivity (Wildman–Crippen MR) is 109 cm³/mol. The first kappa shape index (κ1) is 18.2. The summed E-state index contributed by atoms with van der Waals surface area (Å²) in [4.78, 5) is 39.8. The summed E-state index contributed by atoms with van der Waals surface area (Å²) in [5.41, 5.74) is 2.88. The first-order valence-electron chi connectivity index (χ1n) is 8.83. The van der Waals surface area contributed by atoms with Crippen molar-refractivity contribution in [2.75, 3.05) is 5.32 Å². The van der Waals surface area contributed by atoms with Crippen molar-refractivity contribution in [1.82, 2.24) is 0 Å². The van der Waals surface area contributed by atoms with Crippen LogP contribution in [0.1, 0.15) is 44.3 Å². The summed E-state index contributed by atoms with van der Waals surface area (Å²) < 4.78 is 0. The normalized spacial score (nSPS) is 12.4. The number of nitrogens with one attached hydrogen (secondary N) is 1. The van der Waals surface area contributed by atoms with Crippen LogP contribution in [-0.4, -0.2) is 17.5 Å². The van der Waals surface area contributed by atoms with Gasteiger partial charge in [0.05, 0.1) is 11.3 Å². The second-order valence-electron chi connectivity index (χ2n) is 6.66. The Morgan fingerprint density at radius 3 is 2.04 bits per heavy atom. The monoisotopic (exact) mass is 387 g/mol. The van der Waals surface area contributed by atoms with E-state index in [1.807, 2.05) is 31.2 Å². The summed E-state index contributed by atoms with van der Waals surface area (Å²) >= 11 is 1.43. The van der Waals surface area contributed by atoms with Gasteiger partial charge in [0.1, 0.15) is 0 Å². The van der Waals surface area contributed by atoms with Gasteiger partial charge in [0.2, 0.25) is 5.91 Å². The molecule has 0 atom stereocenters. The molecular formula is C23H17NO3S. The van der Waals surface area contributed by atoms with Gasteiger partial charge in [-0.3, -0.25) is 14.4 Å². The molecule has 3 aromatic carbocycles. The zero-order valence-corrected chi connectivity index (χ0v) is 16.2. The van der Waals surface area contributed by atoms with Gasteiger partial charge in [0.25, 0.3) is 0 Å². The van der Waals surface area contributed by atoms with Crippen LogP contribution in [-0.2, 0) is 4.79 Å². The predicted octanol–water partition coefficient (Wildman–Crippen LogP) is 4.88. The van der Waals surface area contributed by atoms with E-state index >= 15 is 0 Å². The molecule has 4 rings (SSSR count).